The largest absolute Gasteiger partial charge is 0.508 e. The number of nitrogens with zero attached hydrogens (tertiary/aromatic N) is 2. The summed E-state index contributed by atoms with van der Waals surface area (Å²) in [5, 5.41) is 10.3. The Hall–Kier alpha value is -3.45. The maximum atomic E-state index is 14.2. The van der Waals surface area contributed by atoms with Gasteiger partial charge in [0, 0.05) is 17.5 Å². The van der Waals surface area contributed by atoms with Crippen molar-refractivity contribution in [1.29, 1.82) is 0 Å². The van der Waals surface area contributed by atoms with Gasteiger partial charge in [-0.15, -0.1) is 0 Å². The van der Waals surface area contributed by atoms with Gasteiger partial charge in [0.25, 0.3) is 0 Å². The van der Waals surface area contributed by atoms with Crippen molar-refractivity contribution in [2.75, 3.05) is 11.4 Å². The highest BCUT2D eigenvalue weighted by Gasteiger charge is 2.67. The number of likely N-dealkylation sites (tertiary alicyclic amines) is 1. The summed E-state index contributed by atoms with van der Waals surface area (Å²) in [6, 6.07) is 13.5. The van der Waals surface area contributed by atoms with Crippen molar-refractivity contribution < 1.29 is 24.3 Å². The van der Waals surface area contributed by atoms with E-state index in [0.717, 1.165) is 5.57 Å². The van der Waals surface area contributed by atoms with Crippen molar-refractivity contribution in [2.45, 2.75) is 32.6 Å². The van der Waals surface area contributed by atoms with Crippen LogP contribution in [0.1, 0.15) is 38.2 Å². The molecular formula is C29H27ClN2O5. The van der Waals surface area contributed by atoms with E-state index >= 15 is 0 Å². The number of benzene rings is 2. The first kappa shape index (κ1) is 23.9. The average Bonchev–Trinajstić information content (AvgIpc) is 3.24. The molecule has 2 aliphatic heterocycles. The predicted molar refractivity (Wildman–Crippen MR) is 137 cm³/mol. The van der Waals surface area contributed by atoms with Crippen molar-refractivity contribution >= 4 is 40.9 Å². The average molecular weight is 519 g/mol. The van der Waals surface area contributed by atoms with E-state index in [-0.39, 0.29) is 40.3 Å². The molecule has 8 heteroatoms. The van der Waals surface area contributed by atoms with Crippen LogP contribution >= 0.6 is 11.6 Å². The quantitative estimate of drug-likeness (QED) is 0.483. The minimum Gasteiger partial charge on any atom is -0.508 e. The lowest BCUT2D eigenvalue weighted by molar-refractivity contribution is -0.140. The molecule has 1 N–H and O–H groups in total. The third-order valence-corrected chi connectivity index (χ3v) is 9.32. The number of hydrogen-bond donors (Lipinski definition) is 1. The highest BCUT2D eigenvalue weighted by Crippen LogP contribution is 2.64. The van der Waals surface area contributed by atoms with Crippen LogP contribution in [0.25, 0.3) is 0 Å². The minimum absolute atomic E-state index is 0.00427. The first-order chi connectivity index (χ1) is 17.7. The number of halogens is 1. The maximum absolute atomic E-state index is 14.2. The van der Waals surface area contributed by atoms with Crippen molar-refractivity contribution in [3.05, 3.63) is 70.8 Å². The number of fused-ring (bicyclic) bond motifs is 4. The monoisotopic (exact) mass is 518 g/mol. The third kappa shape index (κ3) is 3.13. The molecule has 7 nitrogen and oxygen atoms in total. The molecule has 0 spiro atoms. The van der Waals surface area contributed by atoms with Gasteiger partial charge in [-0.1, -0.05) is 47.5 Å². The van der Waals surface area contributed by atoms with E-state index in [0.29, 0.717) is 30.6 Å². The summed E-state index contributed by atoms with van der Waals surface area (Å²) in [7, 11) is 0. The van der Waals surface area contributed by atoms with Gasteiger partial charge in [0.15, 0.2) is 0 Å². The van der Waals surface area contributed by atoms with E-state index in [9.17, 15) is 24.3 Å². The molecular weight excluding hydrogens is 492 g/mol. The smallest absolute Gasteiger partial charge is 0.241 e. The second kappa shape index (κ2) is 8.28. The van der Waals surface area contributed by atoms with E-state index in [4.69, 9.17) is 11.6 Å². The van der Waals surface area contributed by atoms with Gasteiger partial charge >= 0.3 is 0 Å². The van der Waals surface area contributed by atoms with Gasteiger partial charge in [-0.3, -0.25) is 24.1 Å². The van der Waals surface area contributed by atoms with E-state index < -0.39 is 29.1 Å². The van der Waals surface area contributed by atoms with Crippen LogP contribution in [0.4, 0.5) is 5.69 Å². The number of hydrogen-bond acceptors (Lipinski definition) is 5. The number of amides is 4. The van der Waals surface area contributed by atoms with Crippen molar-refractivity contribution in [3.63, 3.8) is 0 Å². The van der Waals surface area contributed by atoms with Gasteiger partial charge in [-0.2, -0.15) is 0 Å². The molecule has 6 rings (SSSR count). The van der Waals surface area contributed by atoms with Crippen LogP contribution in [0.2, 0.25) is 5.02 Å². The zero-order chi connectivity index (χ0) is 26.2. The van der Waals surface area contributed by atoms with E-state index in [1.807, 2.05) is 19.1 Å². The highest BCUT2D eigenvalue weighted by atomic mass is 35.5. The van der Waals surface area contributed by atoms with E-state index in [1.54, 1.807) is 37.3 Å². The second-order valence-electron chi connectivity index (χ2n) is 10.6. The van der Waals surface area contributed by atoms with Gasteiger partial charge in [0.1, 0.15) is 5.75 Å². The molecule has 2 heterocycles. The number of carbonyl (C=O) groups excluding carboxylic acids is 4. The fourth-order valence-electron chi connectivity index (χ4n) is 7.31. The molecule has 6 atom stereocenters. The predicted octanol–water partition coefficient (Wildman–Crippen LogP) is 4.30. The molecule has 1 saturated carbocycles. The summed E-state index contributed by atoms with van der Waals surface area (Å²) < 4.78 is 0. The molecule has 37 heavy (non-hydrogen) atoms. The molecule has 4 aliphatic rings. The zero-order valence-electron chi connectivity index (χ0n) is 20.6. The molecule has 0 aromatic heterocycles. The molecule has 3 fully saturated rings. The molecule has 2 aromatic carbocycles. The Kier molecular flexibility index (Phi) is 5.35. The molecule has 2 aromatic rings. The highest BCUT2D eigenvalue weighted by molar-refractivity contribution is 6.32. The van der Waals surface area contributed by atoms with Crippen molar-refractivity contribution in [3.8, 4) is 5.75 Å². The Morgan fingerprint density at radius 2 is 1.73 bits per heavy atom. The fraction of sp³-hybridized carbons (Fsp3) is 0.379. The summed E-state index contributed by atoms with van der Waals surface area (Å²) in [5.74, 6) is -3.67. The van der Waals surface area contributed by atoms with Gasteiger partial charge in [-0.25, -0.2) is 4.90 Å². The third-order valence-electron chi connectivity index (χ3n) is 8.99. The fourth-order valence-corrected chi connectivity index (χ4v) is 7.59. The van der Waals surface area contributed by atoms with Crippen LogP contribution in [0.3, 0.4) is 0 Å². The Labute approximate surface area is 219 Å². The SMILES string of the molecule is CCN1C(=O)C2CC=C3C(CC4C(=O)N(c5ccccc5)C(=O)C4(C)C3c3ccc(O)cc3Cl)C2C1=O. The van der Waals surface area contributed by atoms with Gasteiger partial charge < -0.3 is 5.11 Å². The Morgan fingerprint density at radius 1 is 1.00 bits per heavy atom. The van der Waals surface area contributed by atoms with Crippen molar-refractivity contribution in [2.24, 2.45) is 29.1 Å². The normalized spacial score (nSPS) is 32.8. The lowest BCUT2D eigenvalue weighted by Gasteiger charge is -2.49. The summed E-state index contributed by atoms with van der Waals surface area (Å²) in [5.41, 5.74) is 0.853. The lowest BCUT2D eigenvalue weighted by atomic mass is 9.51. The molecule has 190 valence electrons. The van der Waals surface area contributed by atoms with Crippen LogP contribution in [0.5, 0.6) is 5.75 Å². The van der Waals surface area contributed by atoms with Crippen LogP contribution in [-0.4, -0.2) is 40.2 Å². The van der Waals surface area contributed by atoms with E-state index in [2.05, 4.69) is 0 Å². The van der Waals surface area contributed by atoms with Crippen LogP contribution in [0.15, 0.2) is 60.2 Å². The van der Waals surface area contributed by atoms with Gasteiger partial charge in [-0.05, 0) is 62.4 Å². The number of aromatic hydroxyl groups is 1. The summed E-state index contributed by atoms with van der Waals surface area (Å²) in [4.78, 5) is 57.2. The Balaban J connectivity index is 1.55. The first-order valence-electron chi connectivity index (χ1n) is 12.7. The zero-order valence-corrected chi connectivity index (χ0v) is 21.3. The van der Waals surface area contributed by atoms with Crippen molar-refractivity contribution in [1.82, 2.24) is 4.90 Å². The first-order valence-corrected chi connectivity index (χ1v) is 13.0. The lowest BCUT2D eigenvalue weighted by Crippen LogP contribution is -2.49. The maximum Gasteiger partial charge on any atom is 0.241 e. The number of para-hydroxylation sites is 1. The number of phenolic OH excluding ortho intramolecular Hbond substituents is 1. The molecule has 6 unspecified atom stereocenters. The summed E-state index contributed by atoms with van der Waals surface area (Å²) in [6.45, 7) is 3.91. The molecule has 4 amide bonds. The number of rotatable bonds is 3. The van der Waals surface area contributed by atoms with Crippen LogP contribution in [-0.2, 0) is 19.2 Å². The van der Waals surface area contributed by atoms with Crippen LogP contribution < -0.4 is 4.90 Å². The minimum atomic E-state index is -1.15. The summed E-state index contributed by atoms with van der Waals surface area (Å²) >= 11 is 6.67. The molecule has 2 aliphatic carbocycles. The number of phenols is 1. The topological polar surface area (TPSA) is 95.0 Å². The van der Waals surface area contributed by atoms with E-state index in [1.165, 1.54) is 21.9 Å². The molecule has 0 bridgehead atoms. The number of allylic oxidation sites excluding steroid dienone is 2. The standard InChI is InChI=1S/C29H27ClN2O5/c1-3-31-25(34)19-12-11-17-20(23(19)27(31)36)14-21-26(35)32(15-7-5-4-6-8-15)28(37)29(21,2)24(17)18-10-9-16(33)13-22(18)30/h4-11,13,19-21,23-24,33H,3,12,14H2,1-2H3. The number of carbonyl (C=O) groups is 4. The summed E-state index contributed by atoms with van der Waals surface area (Å²) in [6.07, 6.45) is 2.70. The van der Waals surface area contributed by atoms with Gasteiger partial charge in [0.2, 0.25) is 23.6 Å². The Morgan fingerprint density at radius 3 is 2.41 bits per heavy atom. The molecule has 0 radical (unpaired) electrons. The van der Waals surface area contributed by atoms with Crippen LogP contribution in [0, 0.1) is 29.1 Å². The number of anilines is 1. The number of imide groups is 2. The second-order valence-corrected chi connectivity index (χ2v) is 11.0. The Bertz CT molecular complexity index is 1390. The van der Waals surface area contributed by atoms with Gasteiger partial charge in [0.05, 0.1) is 28.9 Å². The molecule has 2 saturated heterocycles.